The van der Waals surface area contributed by atoms with E-state index in [4.69, 9.17) is 18.1 Å². The van der Waals surface area contributed by atoms with Crippen molar-refractivity contribution in [3.8, 4) is 30.4 Å². The van der Waals surface area contributed by atoms with E-state index in [0.29, 0.717) is 41.3 Å². The number of terminal acetylenes is 2. The third-order valence-corrected chi connectivity index (χ3v) is 15.3. The molecule has 0 spiro atoms. The van der Waals surface area contributed by atoms with Gasteiger partial charge in [-0.15, -0.1) is 12.8 Å². The van der Waals surface area contributed by atoms with Crippen molar-refractivity contribution in [3.63, 3.8) is 0 Å². The number of phenols is 1. The van der Waals surface area contributed by atoms with Gasteiger partial charge in [0.05, 0.1) is 5.71 Å². The molecule has 1 aromatic rings. The van der Waals surface area contributed by atoms with E-state index in [-0.39, 0.29) is 10.8 Å². The van der Waals surface area contributed by atoms with E-state index in [9.17, 15) is 15.3 Å². The lowest BCUT2D eigenvalue weighted by atomic mass is 9.49. The lowest BCUT2D eigenvalue weighted by Gasteiger charge is -2.56. The Labute approximate surface area is 276 Å². The minimum Gasteiger partial charge on any atom is -0.508 e. The Morgan fingerprint density at radius 1 is 0.804 bits per heavy atom. The molecule has 0 unspecified atom stereocenters. The number of phenolic OH excluding ortho intramolecular Hbond substituents is 1. The third kappa shape index (κ3) is 4.48. The number of benzene rings is 1. The quantitative estimate of drug-likeness (QED) is 0.146. The van der Waals surface area contributed by atoms with Crippen molar-refractivity contribution >= 4 is 5.71 Å². The number of hydrogen-bond donors (Lipinski definition) is 4. The van der Waals surface area contributed by atoms with Gasteiger partial charge in [0.25, 0.3) is 0 Å². The lowest BCUT2D eigenvalue weighted by Crippen LogP contribution is -2.53. The first-order chi connectivity index (χ1) is 22.1. The summed E-state index contributed by atoms with van der Waals surface area (Å²) in [5, 5.41) is 44.3. The zero-order valence-electron chi connectivity index (χ0n) is 27.8. The largest absolute Gasteiger partial charge is 0.508 e. The van der Waals surface area contributed by atoms with Gasteiger partial charge in [-0.05, 0) is 167 Å². The second-order valence-corrected chi connectivity index (χ2v) is 16.3. The van der Waals surface area contributed by atoms with Crippen LogP contribution in [-0.2, 0) is 6.42 Å². The number of aliphatic hydroxyl groups is 2. The van der Waals surface area contributed by atoms with Gasteiger partial charge in [-0.2, -0.15) is 0 Å². The van der Waals surface area contributed by atoms with Crippen LogP contribution in [0, 0.1) is 71.0 Å². The van der Waals surface area contributed by atoms with Gasteiger partial charge >= 0.3 is 0 Å². The van der Waals surface area contributed by atoms with Crippen LogP contribution in [-0.4, -0.2) is 37.4 Å². The Kier molecular flexibility index (Phi) is 7.93. The molecule has 246 valence electrons. The van der Waals surface area contributed by atoms with Gasteiger partial charge in [0.2, 0.25) is 0 Å². The smallest absolute Gasteiger partial charge is 0.131 e. The number of rotatable bonds is 1. The van der Waals surface area contributed by atoms with Crippen molar-refractivity contribution in [2.45, 2.75) is 127 Å². The summed E-state index contributed by atoms with van der Waals surface area (Å²) in [6.07, 6.45) is 29.2. The van der Waals surface area contributed by atoms with Gasteiger partial charge < -0.3 is 20.5 Å². The van der Waals surface area contributed by atoms with Crippen molar-refractivity contribution in [1.82, 2.24) is 0 Å². The minimum absolute atomic E-state index is 0.0590. The molecule has 0 heterocycles. The average molecular weight is 624 g/mol. The molecule has 5 nitrogen and oxygen atoms in total. The first-order valence-corrected chi connectivity index (χ1v) is 18.2. The molecular formula is C41H53NO4. The number of aryl methyl sites for hydroxylation is 1. The molecule has 0 aliphatic heterocycles. The highest BCUT2D eigenvalue weighted by Crippen LogP contribution is 2.67. The fourth-order valence-electron chi connectivity index (χ4n) is 12.9. The van der Waals surface area contributed by atoms with E-state index in [0.717, 1.165) is 95.1 Å². The van der Waals surface area contributed by atoms with Crippen molar-refractivity contribution in [1.29, 1.82) is 0 Å². The first-order valence-electron chi connectivity index (χ1n) is 18.2. The molecule has 4 N–H and O–H groups in total. The van der Waals surface area contributed by atoms with E-state index in [1.165, 1.54) is 29.5 Å². The molecule has 46 heavy (non-hydrogen) atoms. The summed E-state index contributed by atoms with van der Waals surface area (Å²) < 4.78 is 0. The van der Waals surface area contributed by atoms with Gasteiger partial charge in [0.1, 0.15) is 17.0 Å². The monoisotopic (exact) mass is 623 g/mol. The zero-order valence-corrected chi connectivity index (χ0v) is 27.8. The van der Waals surface area contributed by atoms with Gasteiger partial charge in [-0.25, -0.2) is 0 Å². The maximum absolute atomic E-state index is 11.1. The molecule has 0 bridgehead atoms. The molecule has 8 rings (SSSR count). The summed E-state index contributed by atoms with van der Waals surface area (Å²) in [4.78, 5) is 0. The van der Waals surface area contributed by atoms with E-state index in [2.05, 4.69) is 43.0 Å². The topological polar surface area (TPSA) is 93.3 Å². The van der Waals surface area contributed by atoms with E-state index in [1.807, 2.05) is 12.1 Å². The normalized spacial score (nSPS) is 46.0. The van der Waals surface area contributed by atoms with E-state index in [1.54, 1.807) is 0 Å². The summed E-state index contributed by atoms with van der Waals surface area (Å²) >= 11 is 0. The standard InChI is InChI=1S/C21H29NO2.C20H24O2/c1-3-20-11-9-17-16-8-6-15(22-24)13-14(16)5-7-18(17)19(20)10-12-21(20,23)4-2;1-3-20(22)11-9-18-17-6-4-13-12-14(21)5-7-15(13)16(17)8-10-19(18,20)2/h2,13,16-19,23-24H,3,5-12H2,1H3;1,5,7,12,16-18,21-22H,4,6,8-11H2,2H3/b22-15+;/t16-,17+,18+,19-,20-,21-;16-,17-,18+,19+,20+/m01/s1. The summed E-state index contributed by atoms with van der Waals surface area (Å²) in [6.45, 7) is 4.44. The van der Waals surface area contributed by atoms with Crippen molar-refractivity contribution in [3.05, 3.63) is 41.0 Å². The molecule has 5 fully saturated rings. The molecule has 0 saturated heterocycles. The minimum atomic E-state index is -0.919. The summed E-state index contributed by atoms with van der Waals surface area (Å²) in [6, 6.07) is 5.87. The highest BCUT2D eigenvalue weighted by Gasteiger charge is 2.64. The Bertz CT molecular complexity index is 1510. The lowest BCUT2D eigenvalue weighted by molar-refractivity contribution is -0.0989. The van der Waals surface area contributed by atoms with Crippen molar-refractivity contribution in [2.75, 3.05) is 0 Å². The molecule has 5 saturated carbocycles. The highest BCUT2D eigenvalue weighted by atomic mass is 16.4. The third-order valence-electron chi connectivity index (χ3n) is 15.3. The second kappa shape index (κ2) is 11.5. The SMILES string of the molecule is C#C[C@]1(O)CC[C@H]2[C@@H]3CCC4=C/C(=N/O)CC[C@@H]4[C@H]3CC[C@@]21CC.C#C[C@]1(O)CC[C@H]2[C@@H]3CCc4cc(O)ccc4[C@H]3CC[C@@]21C. The van der Waals surface area contributed by atoms with Gasteiger partial charge in [-0.3, -0.25) is 0 Å². The summed E-state index contributed by atoms with van der Waals surface area (Å²) in [5.74, 6) is 10.3. The molecule has 7 aliphatic rings. The van der Waals surface area contributed by atoms with Gasteiger partial charge in [0.15, 0.2) is 0 Å². The molecule has 1 aromatic carbocycles. The van der Waals surface area contributed by atoms with E-state index >= 15 is 0 Å². The van der Waals surface area contributed by atoms with Crippen LogP contribution in [0.25, 0.3) is 0 Å². The van der Waals surface area contributed by atoms with Crippen molar-refractivity contribution in [2.24, 2.45) is 51.5 Å². The van der Waals surface area contributed by atoms with E-state index < -0.39 is 11.2 Å². The Morgan fingerprint density at radius 2 is 1.54 bits per heavy atom. The Morgan fingerprint density at radius 3 is 2.28 bits per heavy atom. The number of nitrogens with zero attached hydrogens (tertiary/aromatic N) is 1. The van der Waals surface area contributed by atoms with Crippen LogP contribution in [0.5, 0.6) is 5.75 Å². The highest BCUT2D eigenvalue weighted by molar-refractivity contribution is 5.96. The van der Waals surface area contributed by atoms with Crippen LogP contribution >= 0.6 is 0 Å². The number of hydrogen-bond acceptors (Lipinski definition) is 5. The maximum atomic E-state index is 11.1. The number of allylic oxidation sites excluding steroid dienone is 2. The molecule has 0 amide bonds. The van der Waals surface area contributed by atoms with Gasteiger partial charge in [0, 0.05) is 10.8 Å². The Hall–Kier alpha value is -2.73. The first kappa shape index (κ1) is 31.8. The molecule has 11 atom stereocenters. The zero-order chi connectivity index (χ0) is 32.5. The van der Waals surface area contributed by atoms with Crippen LogP contribution in [0.3, 0.4) is 0 Å². The maximum Gasteiger partial charge on any atom is 0.131 e. The van der Waals surface area contributed by atoms with Crippen LogP contribution in [0.1, 0.15) is 121 Å². The molecule has 0 radical (unpaired) electrons. The molecule has 5 heteroatoms. The molecule has 0 aromatic heterocycles. The van der Waals surface area contributed by atoms with Crippen LogP contribution < -0.4 is 0 Å². The predicted molar refractivity (Wildman–Crippen MR) is 181 cm³/mol. The second-order valence-electron chi connectivity index (χ2n) is 16.3. The predicted octanol–water partition coefficient (Wildman–Crippen LogP) is 7.76. The van der Waals surface area contributed by atoms with Crippen LogP contribution in [0.15, 0.2) is 35.0 Å². The number of fused-ring (bicyclic) bond motifs is 10. The molecular weight excluding hydrogens is 570 g/mol. The fourth-order valence-corrected chi connectivity index (χ4v) is 12.9. The number of oxime groups is 1. The van der Waals surface area contributed by atoms with Crippen molar-refractivity contribution < 1.29 is 20.5 Å². The summed E-state index contributed by atoms with van der Waals surface area (Å²) in [7, 11) is 0. The number of aromatic hydroxyl groups is 1. The van der Waals surface area contributed by atoms with Crippen LogP contribution in [0.2, 0.25) is 0 Å². The summed E-state index contributed by atoms with van der Waals surface area (Å²) in [5.41, 5.74) is 3.09. The van der Waals surface area contributed by atoms with Gasteiger partial charge in [-0.1, -0.05) is 42.5 Å². The average Bonchev–Trinajstić information content (AvgIpc) is 3.55. The Balaban J connectivity index is 0.000000147. The van der Waals surface area contributed by atoms with Crippen LogP contribution in [0.4, 0.5) is 0 Å². The fraction of sp³-hybridized carbons (Fsp3) is 0.683. The molecule has 7 aliphatic carbocycles.